The van der Waals surface area contributed by atoms with Crippen molar-refractivity contribution in [2.75, 3.05) is 0 Å². The van der Waals surface area contributed by atoms with Crippen LogP contribution in [0.15, 0.2) is 40.8 Å². The Bertz CT molecular complexity index is 476. The highest BCUT2D eigenvalue weighted by Gasteiger charge is 2.14. The van der Waals surface area contributed by atoms with E-state index in [1.54, 1.807) is 12.1 Å². The molecule has 2 aromatic rings. The fraction of sp³-hybridized carbons (Fsp3) is 0.231. The first kappa shape index (κ1) is 11.2. The van der Waals surface area contributed by atoms with E-state index < -0.39 is 6.10 Å². The normalized spacial score (nSPS) is 12.7. The maximum Gasteiger partial charge on any atom is 0.193 e. The van der Waals surface area contributed by atoms with E-state index in [0.29, 0.717) is 11.0 Å². The van der Waals surface area contributed by atoms with E-state index in [-0.39, 0.29) is 0 Å². The maximum atomic E-state index is 10.1. The van der Waals surface area contributed by atoms with Crippen LogP contribution in [0.4, 0.5) is 0 Å². The molecule has 1 unspecified atom stereocenters. The van der Waals surface area contributed by atoms with E-state index in [1.165, 1.54) is 5.56 Å². The molecule has 2 nitrogen and oxygen atoms in total. The Morgan fingerprint density at radius 2 is 2.12 bits per heavy atom. The molecule has 0 radical (unpaired) electrons. The molecule has 3 heteroatoms. The predicted octanol–water partition coefficient (Wildman–Crippen LogP) is 3.58. The molecule has 1 aromatic heterocycles. The number of hydrogen-bond donors (Lipinski definition) is 1. The van der Waals surface area contributed by atoms with E-state index in [2.05, 4.69) is 6.92 Å². The molecule has 0 amide bonds. The Morgan fingerprint density at radius 1 is 1.31 bits per heavy atom. The molecule has 0 saturated carbocycles. The third-order valence-corrected chi connectivity index (χ3v) is 2.74. The third-order valence-electron chi connectivity index (χ3n) is 2.54. The zero-order chi connectivity index (χ0) is 11.5. The van der Waals surface area contributed by atoms with Gasteiger partial charge >= 0.3 is 0 Å². The SMILES string of the molecule is CCc1cccc(C(O)c2ccc(Cl)o2)c1. The summed E-state index contributed by atoms with van der Waals surface area (Å²) in [5.74, 6) is 0.471. The molecule has 0 bridgehead atoms. The van der Waals surface area contributed by atoms with Gasteiger partial charge in [0, 0.05) is 0 Å². The van der Waals surface area contributed by atoms with Crippen LogP contribution in [0.3, 0.4) is 0 Å². The lowest BCUT2D eigenvalue weighted by Gasteiger charge is -2.09. The molecular formula is C13H13ClO2. The fourth-order valence-corrected chi connectivity index (χ4v) is 1.77. The second kappa shape index (κ2) is 4.73. The second-order valence-corrected chi connectivity index (χ2v) is 4.02. The zero-order valence-corrected chi connectivity index (χ0v) is 9.74. The first-order valence-corrected chi connectivity index (χ1v) is 5.60. The minimum absolute atomic E-state index is 0.292. The van der Waals surface area contributed by atoms with Crippen molar-refractivity contribution >= 4 is 11.6 Å². The summed E-state index contributed by atoms with van der Waals surface area (Å²) in [5, 5.41) is 10.4. The molecule has 0 saturated heterocycles. The van der Waals surface area contributed by atoms with Gasteiger partial charge in [0.1, 0.15) is 11.9 Å². The molecule has 1 N–H and O–H groups in total. The fourth-order valence-electron chi connectivity index (χ4n) is 1.62. The topological polar surface area (TPSA) is 33.4 Å². The van der Waals surface area contributed by atoms with E-state index in [0.717, 1.165) is 12.0 Å². The molecule has 2 rings (SSSR count). The van der Waals surface area contributed by atoms with Gasteiger partial charge in [-0.25, -0.2) is 0 Å². The van der Waals surface area contributed by atoms with Gasteiger partial charge in [-0.15, -0.1) is 0 Å². The minimum Gasteiger partial charge on any atom is -0.447 e. The van der Waals surface area contributed by atoms with Crippen molar-refractivity contribution in [3.63, 3.8) is 0 Å². The Balaban J connectivity index is 2.29. The molecule has 0 aliphatic rings. The van der Waals surface area contributed by atoms with Crippen LogP contribution in [0.5, 0.6) is 0 Å². The summed E-state index contributed by atoms with van der Waals surface area (Å²) >= 11 is 5.67. The number of benzene rings is 1. The smallest absolute Gasteiger partial charge is 0.193 e. The van der Waals surface area contributed by atoms with Gasteiger partial charge in [-0.05, 0) is 41.3 Å². The molecule has 0 spiro atoms. The van der Waals surface area contributed by atoms with Crippen molar-refractivity contribution in [3.8, 4) is 0 Å². The van der Waals surface area contributed by atoms with Crippen LogP contribution in [0, 0.1) is 0 Å². The average Bonchev–Trinajstić information content (AvgIpc) is 2.75. The lowest BCUT2D eigenvalue weighted by atomic mass is 10.0. The van der Waals surface area contributed by atoms with Crippen molar-refractivity contribution in [1.29, 1.82) is 0 Å². The molecule has 1 aromatic carbocycles. The monoisotopic (exact) mass is 236 g/mol. The number of aryl methyl sites for hydroxylation is 1. The van der Waals surface area contributed by atoms with Gasteiger partial charge in [0.2, 0.25) is 0 Å². The highest BCUT2D eigenvalue weighted by molar-refractivity contribution is 6.28. The van der Waals surface area contributed by atoms with Gasteiger partial charge < -0.3 is 9.52 Å². The number of hydrogen-bond acceptors (Lipinski definition) is 2. The highest BCUT2D eigenvalue weighted by Crippen LogP contribution is 2.26. The summed E-state index contributed by atoms with van der Waals surface area (Å²) in [6, 6.07) is 11.1. The molecule has 1 atom stereocenters. The number of halogens is 1. The molecule has 0 fully saturated rings. The van der Waals surface area contributed by atoms with Crippen molar-refractivity contribution in [1.82, 2.24) is 0 Å². The van der Waals surface area contributed by atoms with Gasteiger partial charge in [0.05, 0.1) is 0 Å². The Hall–Kier alpha value is -1.25. The second-order valence-electron chi connectivity index (χ2n) is 3.64. The standard InChI is InChI=1S/C13H13ClO2/c1-2-9-4-3-5-10(8-9)13(15)11-6-7-12(14)16-11/h3-8,13,15H,2H2,1H3. The van der Waals surface area contributed by atoms with Crippen LogP contribution in [0.2, 0.25) is 5.22 Å². The van der Waals surface area contributed by atoms with E-state index in [1.807, 2.05) is 24.3 Å². The van der Waals surface area contributed by atoms with E-state index >= 15 is 0 Å². The number of aliphatic hydroxyl groups is 1. The van der Waals surface area contributed by atoms with E-state index in [9.17, 15) is 5.11 Å². The van der Waals surface area contributed by atoms with Gasteiger partial charge in [-0.1, -0.05) is 31.2 Å². The molecular weight excluding hydrogens is 224 g/mol. The Kier molecular flexibility index (Phi) is 3.32. The number of furan rings is 1. The van der Waals surface area contributed by atoms with Gasteiger partial charge in [-0.2, -0.15) is 0 Å². The van der Waals surface area contributed by atoms with Crippen LogP contribution in [-0.2, 0) is 6.42 Å². The average molecular weight is 237 g/mol. The number of aliphatic hydroxyl groups excluding tert-OH is 1. The Morgan fingerprint density at radius 3 is 2.75 bits per heavy atom. The van der Waals surface area contributed by atoms with Crippen molar-refractivity contribution in [3.05, 3.63) is 58.5 Å². The van der Waals surface area contributed by atoms with Gasteiger partial charge in [0.15, 0.2) is 5.22 Å². The quantitative estimate of drug-likeness (QED) is 0.884. The predicted molar refractivity (Wildman–Crippen MR) is 63.6 cm³/mol. The number of rotatable bonds is 3. The maximum absolute atomic E-state index is 10.1. The summed E-state index contributed by atoms with van der Waals surface area (Å²) in [7, 11) is 0. The molecule has 1 heterocycles. The first-order valence-electron chi connectivity index (χ1n) is 5.23. The molecule has 16 heavy (non-hydrogen) atoms. The van der Waals surface area contributed by atoms with Crippen LogP contribution < -0.4 is 0 Å². The summed E-state index contributed by atoms with van der Waals surface area (Å²) in [5.41, 5.74) is 2.01. The lowest BCUT2D eigenvalue weighted by molar-refractivity contribution is 0.189. The third kappa shape index (κ3) is 2.29. The van der Waals surface area contributed by atoms with Crippen LogP contribution in [-0.4, -0.2) is 5.11 Å². The molecule has 0 aliphatic heterocycles. The summed E-state index contributed by atoms with van der Waals surface area (Å²) in [6.07, 6.45) is 0.193. The minimum atomic E-state index is -0.751. The Labute approximate surface area is 99.5 Å². The van der Waals surface area contributed by atoms with Gasteiger partial charge in [0.25, 0.3) is 0 Å². The van der Waals surface area contributed by atoms with Crippen LogP contribution in [0.1, 0.15) is 29.9 Å². The first-order chi connectivity index (χ1) is 7.70. The van der Waals surface area contributed by atoms with E-state index in [4.69, 9.17) is 16.0 Å². The summed E-state index contributed by atoms with van der Waals surface area (Å²) in [4.78, 5) is 0. The highest BCUT2D eigenvalue weighted by atomic mass is 35.5. The van der Waals surface area contributed by atoms with Crippen LogP contribution in [0.25, 0.3) is 0 Å². The molecule has 84 valence electrons. The van der Waals surface area contributed by atoms with Crippen molar-refractivity contribution in [2.45, 2.75) is 19.4 Å². The zero-order valence-electron chi connectivity index (χ0n) is 8.98. The summed E-state index contributed by atoms with van der Waals surface area (Å²) < 4.78 is 5.19. The molecule has 0 aliphatic carbocycles. The summed E-state index contributed by atoms with van der Waals surface area (Å²) in [6.45, 7) is 2.08. The van der Waals surface area contributed by atoms with Crippen molar-refractivity contribution < 1.29 is 9.52 Å². The lowest BCUT2D eigenvalue weighted by Crippen LogP contribution is -1.98. The largest absolute Gasteiger partial charge is 0.447 e. The van der Waals surface area contributed by atoms with Gasteiger partial charge in [-0.3, -0.25) is 0 Å². The van der Waals surface area contributed by atoms with Crippen molar-refractivity contribution in [2.24, 2.45) is 0 Å². The van der Waals surface area contributed by atoms with Crippen LogP contribution >= 0.6 is 11.6 Å².